The molecule has 2 aromatic rings. The molecule has 21 heavy (non-hydrogen) atoms. The van der Waals surface area contributed by atoms with Crippen LogP contribution in [0, 0.1) is 5.82 Å². The van der Waals surface area contributed by atoms with Crippen LogP contribution in [-0.2, 0) is 10.0 Å². The van der Waals surface area contributed by atoms with Crippen LogP contribution in [0.3, 0.4) is 0 Å². The van der Waals surface area contributed by atoms with Crippen molar-refractivity contribution in [2.24, 2.45) is 0 Å². The number of sulfonamides is 1. The molecule has 0 aromatic heterocycles. The fourth-order valence-corrected chi connectivity index (χ4v) is 2.79. The highest BCUT2D eigenvalue weighted by molar-refractivity contribution is 7.92. The predicted molar refractivity (Wildman–Crippen MR) is 79.7 cm³/mol. The number of nitrogens with one attached hydrogen (secondary N) is 2. The van der Waals surface area contributed by atoms with Crippen LogP contribution in [0.2, 0.25) is 0 Å². The Morgan fingerprint density at radius 1 is 1.05 bits per heavy atom. The Hall–Kier alpha value is -2.28. The molecule has 0 saturated carbocycles. The maximum atomic E-state index is 13.6. The zero-order chi connectivity index (χ0) is 15.5. The first-order valence-electron chi connectivity index (χ1n) is 6.10. The number of hydrogen-bond acceptors (Lipinski definition) is 4. The molecule has 0 atom stereocenters. The average Bonchev–Trinajstić information content (AvgIpc) is 2.47. The first kappa shape index (κ1) is 15.1. The summed E-state index contributed by atoms with van der Waals surface area (Å²) in [6.07, 6.45) is 0. The van der Waals surface area contributed by atoms with Gasteiger partial charge in [0, 0.05) is 18.8 Å². The number of benzene rings is 2. The minimum Gasteiger partial charge on any atom is -0.494 e. The van der Waals surface area contributed by atoms with Crippen molar-refractivity contribution in [3.63, 3.8) is 0 Å². The van der Waals surface area contributed by atoms with Gasteiger partial charge in [-0.1, -0.05) is 0 Å². The van der Waals surface area contributed by atoms with E-state index in [0.717, 1.165) is 11.8 Å². The van der Waals surface area contributed by atoms with E-state index in [2.05, 4.69) is 10.0 Å². The van der Waals surface area contributed by atoms with Gasteiger partial charge in [0.25, 0.3) is 10.0 Å². The molecule has 2 aromatic carbocycles. The second kappa shape index (κ2) is 6.01. The summed E-state index contributed by atoms with van der Waals surface area (Å²) in [4.78, 5) is 0.0951. The quantitative estimate of drug-likeness (QED) is 0.891. The highest BCUT2D eigenvalue weighted by atomic mass is 32.2. The molecule has 0 spiro atoms. The number of methoxy groups -OCH3 is 1. The molecule has 0 radical (unpaired) electrons. The second-order valence-electron chi connectivity index (χ2n) is 4.23. The molecule has 0 bridgehead atoms. The predicted octanol–water partition coefficient (Wildman–Crippen LogP) is 2.68. The van der Waals surface area contributed by atoms with Crippen molar-refractivity contribution in [1.82, 2.24) is 0 Å². The van der Waals surface area contributed by atoms with E-state index in [-0.39, 0.29) is 16.3 Å². The van der Waals surface area contributed by atoms with Crippen molar-refractivity contribution >= 4 is 21.4 Å². The van der Waals surface area contributed by atoms with Crippen molar-refractivity contribution in [1.29, 1.82) is 0 Å². The van der Waals surface area contributed by atoms with E-state index in [1.807, 2.05) is 0 Å². The topological polar surface area (TPSA) is 67.4 Å². The lowest BCUT2D eigenvalue weighted by Gasteiger charge is -2.10. The first-order valence-corrected chi connectivity index (χ1v) is 7.59. The number of ether oxygens (including phenoxy) is 1. The standard InChI is InChI=1S/C14H15FN2O3S/c1-16-10-3-6-12(7-4-10)21(18,19)17-11-5-8-14(20-2)13(15)9-11/h3-9,16-17H,1-2H3. The first-order chi connectivity index (χ1) is 9.96. The molecule has 112 valence electrons. The molecule has 2 N–H and O–H groups in total. The second-order valence-corrected chi connectivity index (χ2v) is 5.91. The van der Waals surface area contributed by atoms with Gasteiger partial charge in [-0.05, 0) is 36.4 Å². The van der Waals surface area contributed by atoms with Gasteiger partial charge in [0.2, 0.25) is 0 Å². The van der Waals surface area contributed by atoms with Crippen molar-refractivity contribution in [2.75, 3.05) is 24.2 Å². The molecular formula is C14H15FN2O3S. The van der Waals surface area contributed by atoms with Crippen LogP contribution < -0.4 is 14.8 Å². The molecular weight excluding hydrogens is 295 g/mol. The summed E-state index contributed by atoms with van der Waals surface area (Å²) < 4.78 is 45.0. The van der Waals surface area contributed by atoms with Gasteiger partial charge in [-0.3, -0.25) is 4.72 Å². The molecule has 0 heterocycles. The van der Waals surface area contributed by atoms with Gasteiger partial charge in [0.05, 0.1) is 17.7 Å². The number of halogens is 1. The van der Waals surface area contributed by atoms with Crippen LogP contribution in [-0.4, -0.2) is 22.6 Å². The van der Waals surface area contributed by atoms with E-state index in [0.29, 0.717) is 0 Å². The molecule has 7 heteroatoms. The lowest BCUT2D eigenvalue weighted by Crippen LogP contribution is -2.13. The third-order valence-electron chi connectivity index (χ3n) is 2.86. The van der Waals surface area contributed by atoms with Crippen LogP contribution in [0.1, 0.15) is 0 Å². The van der Waals surface area contributed by atoms with Crippen LogP contribution in [0.4, 0.5) is 15.8 Å². The SMILES string of the molecule is CNc1ccc(S(=O)(=O)Nc2ccc(OC)c(F)c2)cc1. The number of anilines is 2. The molecule has 0 aliphatic carbocycles. The van der Waals surface area contributed by atoms with Gasteiger partial charge in [0.15, 0.2) is 11.6 Å². The monoisotopic (exact) mass is 310 g/mol. The zero-order valence-electron chi connectivity index (χ0n) is 11.6. The number of rotatable bonds is 5. The Labute approximate surface area is 122 Å². The minimum atomic E-state index is -3.76. The third kappa shape index (κ3) is 3.43. The smallest absolute Gasteiger partial charge is 0.261 e. The van der Waals surface area contributed by atoms with Crippen LogP contribution in [0.25, 0.3) is 0 Å². The third-order valence-corrected chi connectivity index (χ3v) is 4.25. The summed E-state index contributed by atoms with van der Waals surface area (Å²) in [5.41, 5.74) is 0.926. The van der Waals surface area contributed by atoms with Crippen molar-refractivity contribution in [3.8, 4) is 5.75 Å². The highest BCUT2D eigenvalue weighted by Gasteiger charge is 2.15. The van der Waals surface area contributed by atoms with E-state index in [1.54, 1.807) is 19.2 Å². The Morgan fingerprint density at radius 2 is 1.67 bits per heavy atom. The molecule has 5 nitrogen and oxygen atoms in total. The molecule has 0 unspecified atom stereocenters. The fraction of sp³-hybridized carbons (Fsp3) is 0.143. The van der Waals surface area contributed by atoms with Crippen LogP contribution >= 0.6 is 0 Å². The van der Waals surface area contributed by atoms with Crippen molar-refractivity contribution in [3.05, 3.63) is 48.3 Å². The molecule has 0 amide bonds. The van der Waals surface area contributed by atoms with E-state index in [1.165, 1.54) is 31.4 Å². The van der Waals surface area contributed by atoms with Crippen molar-refractivity contribution < 1.29 is 17.5 Å². The van der Waals surface area contributed by atoms with Crippen molar-refractivity contribution in [2.45, 2.75) is 4.90 Å². The largest absolute Gasteiger partial charge is 0.494 e. The molecule has 0 aliphatic rings. The van der Waals surface area contributed by atoms with Gasteiger partial charge in [-0.15, -0.1) is 0 Å². The summed E-state index contributed by atoms with van der Waals surface area (Å²) >= 11 is 0. The van der Waals surface area contributed by atoms with Gasteiger partial charge < -0.3 is 10.1 Å². The van der Waals surface area contributed by atoms with Gasteiger partial charge in [0.1, 0.15) is 0 Å². The lowest BCUT2D eigenvalue weighted by atomic mass is 10.3. The molecule has 2 rings (SSSR count). The average molecular weight is 310 g/mol. The van der Waals surface area contributed by atoms with E-state index >= 15 is 0 Å². The fourth-order valence-electron chi connectivity index (χ4n) is 1.74. The summed E-state index contributed by atoms with van der Waals surface area (Å²) in [7, 11) is -0.683. The van der Waals surface area contributed by atoms with Crippen LogP contribution in [0.15, 0.2) is 47.4 Å². The Kier molecular flexibility index (Phi) is 4.32. The van der Waals surface area contributed by atoms with E-state index in [9.17, 15) is 12.8 Å². The van der Waals surface area contributed by atoms with Gasteiger partial charge >= 0.3 is 0 Å². The summed E-state index contributed by atoms with van der Waals surface area (Å²) in [6.45, 7) is 0. The lowest BCUT2D eigenvalue weighted by molar-refractivity contribution is 0.386. The maximum absolute atomic E-state index is 13.6. The van der Waals surface area contributed by atoms with Crippen LogP contribution in [0.5, 0.6) is 5.75 Å². The molecule has 0 aliphatic heterocycles. The highest BCUT2D eigenvalue weighted by Crippen LogP contribution is 2.23. The zero-order valence-corrected chi connectivity index (χ0v) is 12.4. The summed E-state index contributed by atoms with van der Waals surface area (Å²) in [6, 6.07) is 10.1. The maximum Gasteiger partial charge on any atom is 0.261 e. The van der Waals surface area contributed by atoms with E-state index in [4.69, 9.17) is 4.74 Å². The minimum absolute atomic E-state index is 0.0521. The van der Waals surface area contributed by atoms with Gasteiger partial charge in [-0.25, -0.2) is 12.8 Å². The normalized spacial score (nSPS) is 11.0. The number of hydrogen-bond donors (Lipinski definition) is 2. The summed E-state index contributed by atoms with van der Waals surface area (Å²) in [5, 5.41) is 2.90. The Balaban J connectivity index is 2.26. The Morgan fingerprint density at radius 3 is 2.19 bits per heavy atom. The molecule has 0 fully saturated rings. The summed E-state index contributed by atoms with van der Waals surface area (Å²) in [5.74, 6) is -0.584. The Bertz CT molecular complexity index is 730. The van der Waals surface area contributed by atoms with Gasteiger partial charge in [-0.2, -0.15) is 0 Å². The van der Waals surface area contributed by atoms with E-state index < -0.39 is 15.8 Å². The molecule has 0 saturated heterocycles.